The first-order chi connectivity index (χ1) is 11.5. The van der Waals surface area contributed by atoms with Crippen molar-refractivity contribution in [3.05, 3.63) is 65.2 Å². The fourth-order valence-electron chi connectivity index (χ4n) is 1.91. The molecule has 0 saturated carbocycles. The molecule has 0 spiro atoms. The molecule has 0 aliphatic heterocycles. The average Bonchev–Trinajstić information content (AvgIpc) is 2.60. The molecule has 0 aliphatic rings. The summed E-state index contributed by atoms with van der Waals surface area (Å²) >= 11 is 0. The quantitative estimate of drug-likeness (QED) is 0.651. The van der Waals surface area contributed by atoms with Gasteiger partial charge in [0, 0.05) is 5.69 Å². The van der Waals surface area contributed by atoms with Crippen LogP contribution in [0.2, 0.25) is 0 Å². The average molecular weight is 322 g/mol. The van der Waals surface area contributed by atoms with Gasteiger partial charge in [-0.15, -0.1) is 0 Å². The van der Waals surface area contributed by atoms with E-state index in [2.05, 4.69) is 5.32 Å². The highest BCUT2D eigenvalue weighted by molar-refractivity contribution is 6.09. The van der Waals surface area contributed by atoms with Gasteiger partial charge in [-0.05, 0) is 48.0 Å². The molecule has 6 heteroatoms. The molecule has 1 amide bonds. The van der Waals surface area contributed by atoms with Gasteiger partial charge in [0.15, 0.2) is 0 Å². The van der Waals surface area contributed by atoms with E-state index >= 15 is 0 Å². The van der Waals surface area contributed by atoms with Crippen LogP contribution in [0.4, 0.5) is 5.69 Å². The molecule has 0 atom stereocenters. The maximum absolute atomic E-state index is 12.2. The third-order valence-electron chi connectivity index (χ3n) is 3.18. The number of carbonyl (C=O) groups is 2. The zero-order chi connectivity index (χ0) is 17.5. The van der Waals surface area contributed by atoms with Gasteiger partial charge in [-0.2, -0.15) is 5.26 Å². The van der Waals surface area contributed by atoms with Crippen molar-refractivity contribution in [2.24, 2.45) is 0 Å². The zero-order valence-corrected chi connectivity index (χ0v) is 12.8. The van der Waals surface area contributed by atoms with E-state index < -0.39 is 11.9 Å². The van der Waals surface area contributed by atoms with Crippen LogP contribution in [0, 0.1) is 11.3 Å². The summed E-state index contributed by atoms with van der Waals surface area (Å²) in [6.45, 7) is 0. The summed E-state index contributed by atoms with van der Waals surface area (Å²) in [6.07, 6.45) is 1.39. The van der Waals surface area contributed by atoms with Gasteiger partial charge in [-0.3, -0.25) is 4.79 Å². The highest BCUT2D eigenvalue weighted by Gasteiger charge is 2.10. The lowest BCUT2D eigenvalue weighted by atomic mass is 10.1. The second-order valence-electron chi connectivity index (χ2n) is 4.78. The number of carbonyl (C=O) groups excluding carboxylic acids is 1. The van der Waals surface area contributed by atoms with Crippen molar-refractivity contribution >= 4 is 23.6 Å². The van der Waals surface area contributed by atoms with Crippen LogP contribution >= 0.6 is 0 Å². The van der Waals surface area contributed by atoms with Crippen molar-refractivity contribution in [1.29, 1.82) is 5.26 Å². The zero-order valence-electron chi connectivity index (χ0n) is 12.8. The minimum Gasteiger partial charge on any atom is -0.497 e. The van der Waals surface area contributed by atoms with Gasteiger partial charge in [0.05, 0.1) is 12.7 Å². The number of rotatable bonds is 5. The van der Waals surface area contributed by atoms with Crippen LogP contribution in [-0.4, -0.2) is 24.1 Å². The number of amides is 1. The number of hydrogen-bond donors (Lipinski definition) is 2. The summed E-state index contributed by atoms with van der Waals surface area (Å²) in [5.41, 5.74) is 1.13. The van der Waals surface area contributed by atoms with Gasteiger partial charge in [0.1, 0.15) is 17.4 Å². The fraction of sp³-hybridized carbons (Fsp3) is 0.0556. The Morgan fingerprint density at radius 1 is 1.12 bits per heavy atom. The molecule has 0 unspecified atom stereocenters. The highest BCUT2D eigenvalue weighted by atomic mass is 16.5. The Bertz CT molecular complexity index is 816. The van der Waals surface area contributed by atoms with E-state index in [1.54, 1.807) is 31.4 Å². The molecule has 0 bridgehead atoms. The first-order valence-electron chi connectivity index (χ1n) is 6.94. The fourth-order valence-corrected chi connectivity index (χ4v) is 1.91. The molecule has 0 saturated heterocycles. The normalized spacial score (nSPS) is 10.6. The predicted molar refractivity (Wildman–Crippen MR) is 88.6 cm³/mol. The smallest absolute Gasteiger partial charge is 0.335 e. The summed E-state index contributed by atoms with van der Waals surface area (Å²) in [6, 6.07) is 14.4. The molecular formula is C18H14N2O4. The molecular weight excluding hydrogens is 308 g/mol. The maximum atomic E-state index is 12.2. The Morgan fingerprint density at radius 3 is 2.25 bits per heavy atom. The van der Waals surface area contributed by atoms with Crippen molar-refractivity contribution in [2.75, 3.05) is 12.4 Å². The summed E-state index contributed by atoms with van der Waals surface area (Å²) in [7, 11) is 1.54. The number of nitrogens with zero attached hydrogens (tertiary/aromatic N) is 1. The maximum Gasteiger partial charge on any atom is 0.335 e. The third-order valence-corrected chi connectivity index (χ3v) is 3.18. The number of aromatic carboxylic acids is 1. The first kappa shape index (κ1) is 16.8. The van der Waals surface area contributed by atoms with E-state index in [-0.39, 0.29) is 11.1 Å². The van der Waals surface area contributed by atoms with Gasteiger partial charge < -0.3 is 15.2 Å². The van der Waals surface area contributed by atoms with Crippen LogP contribution in [0.5, 0.6) is 5.75 Å². The summed E-state index contributed by atoms with van der Waals surface area (Å²) in [5.74, 6) is -0.934. The summed E-state index contributed by atoms with van der Waals surface area (Å²) < 4.78 is 5.03. The van der Waals surface area contributed by atoms with Crippen LogP contribution in [0.3, 0.4) is 0 Å². The van der Waals surface area contributed by atoms with E-state index in [1.165, 1.54) is 30.3 Å². The Balaban J connectivity index is 2.15. The van der Waals surface area contributed by atoms with E-state index in [0.29, 0.717) is 17.0 Å². The van der Waals surface area contributed by atoms with E-state index in [4.69, 9.17) is 15.1 Å². The molecule has 0 heterocycles. The van der Waals surface area contributed by atoms with Crippen LogP contribution < -0.4 is 10.1 Å². The number of nitriles is 1. The van der Waals surface area contributed by atoms with Gasteiger partial charge in [0.2, 0.25) is 0 Å². The lowest BCUT2D eigenvalue weighted by Gasteiger charge is -2.05. The second kappa shape index (κ2) is 7.61. The largest absolute Gasteiger partial charge is 0.497 e. The molecule has 2 aromatic carbocycles. The number of carboxylic acids is 1. The number of benzene rings is 2. The monoisotopic (exact) mass is 322 g/mol. The Hall–Kier alpha value is -3.59. The summed E-state index contributed by atoms with van der Waals surface area (Å²) in [4.78, 5) is 23.0. The Morgan fingerprint density at radius 2 is 1.75 bits per heavy atom. The second-order valence-corrected chi connectivity index (χ2v) is 4.78. The standard InChI is InChI=1S/C18H14N2O4/c1-24-16-8-6-15(7-9-16)20-17(21)14(11-19)10-12-2-4-13(5-3-12)18(22)23/h2-10H,1H3,(H,20,21)(H,22,23)/b14-10-. The molecule has 2 rings (SSSR count). The number of ether oxygens (including phenoxy) is 1. The predicted octanol–water partition coefficient (Wildman–Crippen LogP) is 2.94. The van der Waals surface area contributed by atoms with E-state index in [9.17, 15) is 9.59 Å². The number of methoxy groups -OCH3 is 1. The van der Waals surface area contributed by atoms with Gasteiger partial charge in [-0.1, -0.05) is 12.1 Å². The van der Waals surface area contributed by atoms with Crippen molar-refractivity contribution in [3.63, 3.8) is 0 Å². The van der Waals surface area contributed by atoms with Gasteiger partial charge >= 0.3 is 5.97 Å². The van der Waals surface area contributed by atoms with Gasteiger partial charge in [-0.25, -0.2) is 4.79 Å². The molecule has 0 aliphatic carbocycles. The molecule has 0 radical (unpaired) electrons. The Kier molecular flexibility index (Phi) is 5.32. The lowest BCUT2D eigenvalue weighted by molar-refractivity contribution is -0.112. The van der Waals surface area contributed by atoms with Gasteiger partial charge in [0.25, 0.3) is 5.91 Å². The van der Waals surface area contributed by atoms with Crippen LogP contribution in [0.1, 0.15) is 15.9 Å². The van der Waals surface area contributed by atoms with E-state index in [0.717, 1.165) is 0 Å². The molecule has 24 heavy (non-hydrogen) atoms. The molecule has 2 aromatic rings. The minimum absolute atomic E-state index is 0.0890. The number of hydrogen-bond acceptors (Lipinski definition) is 4. The molecule has 120 valence electrons. The first-order valence-corrected chi connectivity index (χ1v) is 6.94. The van der Waals surface area contributed by atoms with Crippen LogP contribution in [0.15, 0.2) is 54.1 Å². The van der Waals surface area contributed by atoms with Crippen LogP contribution in [0.25, 0.3) is 6.08 Å². The minimum atomic E-state index is -1.04. The van der Waals surface area contributed by atoms with Crippen molar-refractivity contribution in [3.8, 4) is 11.8 Å². The topological polar surface area (TPSA) is 99.4 Å². The van der Waals surface area contributed by atoms with Crippen molar-refractivity contribution in [2.45, 2.75) is 0 Å². The van der Waals surface area contributed by atoms with Crippen molar-refractivity contribution in [1.82, 2.24) is 0 Å². The molecule has 0 aromatic heterocycles. The summed E-state index contributed by atoms with van der Waals surface area (Å²) in [5, 5.41) is 20.6. The number of carboxylic acid groups (broad SMARTS) is 1. The molecule has 2 N–H and O–H groups in total. The Labute approximate surface area is 138 Å². The van der Waals surface area contributed by atoms with Crippen molar-refractivity contribution < 1.29 is 19.4 Å². The number of nitrogens with one attached hydrogen (secondary N) is 1. The number of anilines is 1. The lowest BCUT2D eigenvalue weighted by Crippen LogP contribution is -2.13. The highest BCUT2D eigenvalue weighted by Crippen LogP contribution is 2.16. The SMILES string of the molecule is COc1ccc(NC(=O)/C(C#N)=C\c2ccc(C(=O)O)cc2)cc1. The molecule has 6 nitrogen and oxygen atoms in total. The van der Waals surface area contributed by atoms with E-state index in [1.807, 2.05) is 6.07 Å². The molecule has 0 fully saturated rings. The van der Waals surface area contributed by atoms with Crippen LogP contribution in [-0.2, 0) is 4.79 Å². The third kappa shape index (κ3) is 4.21.